The van der Waals surface area contributed by atoms with Gasteiger partial charge in [0.15, 0.2) is 12.2 Å². The molecule has 0 aromatic heterocycles. The highest BCUT2D eigenvalue weighted by molar-refractivity contribution is 5.81. The van der Waals surface area contributed by atoms with E-state index in [-0.39, 0.29) is 38.3 Å². The fourth-order valence-corrected chi connectivity index (χ4v) is 4.60. The van der Waals surface area contributed by atoms with Gasteiger partial charge in [0, 0.05) is 25.2 Å². The van der Waals surface area contributed by atoms with Crippen molar-refractivity contribution in [3.8, 4) is 5.75 Å². The van der Waals surface area contributed by atoms with Crippen LogP contribution in [-0.2, 0) is 33.3 Å². The zero-order chi connectivity index (χ0) is 34.3. The maximum atomic E-state index is 12.6. The molecule has 2 amide bonds. The molecule has 0 spiro atoms. The van der Waals surface area contributed by atoms with Gasteiger partial charge in [-0.1, -0.05) is 56.5 Å². The lowest BCUT2D eigenvalue weighted by Gasteiger charge is -2.29. The molecule has 1 saturated carbocycles. The third-order valence-electron chi connectivity index (χ3n) is 6.96. The Balaban J connectivity index is 1.82. The Morgan fingerprint density at radius 3 is 1.85 bits per heavy atom. The molecule has 0 heterocycles. The van der Waals surface area contributed by atoms with Crippen molar-refractivity contribution < 1.29 is 47.6 Å². The first-order valence-corrected chi connectivity index (χ1v) is 15.5. The summed E-state index contributed by atoms with van der Waals surface area (Å²) in [5, 5.41) is 5.59. The summed E-state index contributed by atoms with van der Waals surface area (Å²) >= 11 is 0. The van der Waals surface area contributed by atoms with Gasteiger partial charge in [0.05, 0.1) is 0 Å². The molecule has 1 fully saturated rings. The summed E-state index contributed by atoms with van der Waals surface area (Å²) in [6.07, 6.45) is 9.27. The number of esters is 2. The first kappa shape index (κ1) is 38.2. The summed E-state index contributed by atoms with van der Waals surface area (Å²) in [6.45, 7) is 12.5. The van der Waals surface area contributed by atoms with Gasteiger partial charge in [0.1, 0.15) is 37.9 Å². The number of alkyl carbamates (subject to hydrolysis) is 2. The first-order chi connectivity index (χ1) is 22.8. The number of rotatable bonds is 20. The predicted octanol–water partition coefficient (Wildman–Crippen LogP) is 5.18. The third-order valence-corrected chi connectivity index (χ3v) is 6.96. The van der Waals surface area contributed by atoms with E-state index < -0.39 is 36.3 Å². The average Bonchev–Trinajstić information content (AvgIpc) is 3.10. The van der Waals surface area contributed by atoms with Crippen LogP contribution in [0.5, 0.6) is 5.75 Å². The van der Waals surface area contributed by atoms with Gasteiger partial charge in [-0.15, -0.1) is 0 Å². The highest BCUT2D eigenvalue weighted by Gasteiger charge is 2.25. The molecule has 2 N–H and O–H groups in total. The molecule has 4 atom stereocenters. The summed E-state index contributed by atoms with van der Waals surface area (Å²) in [5.41, 5.74) is 0. The van der Waals surface area contributed by atoms with Crippen molar-refractivity contribution in [2.45, 2.75) is 44.8 Å². The number of ether oxygens (including phenoxy) is 6. The Hall–Kier alpha value is -5.00. The number of hydrogen-bond donors (Lipinski definition) is 2. The molecule has 4 unspecified atom stereocenters. The second kappa shape index (κ2) is 22.5. The Morgan fingerprint density at radius 2 is 1.34 bits per heavy atom. The molecule has 47 heavy (non-hydrogen) atoms. The maximum absolute atomic E-state index is 12.6. The van der Waals surface area contributed by atoms with Crippen molar-refractivity contribution in [3.63, 3.8) is 0 Å². The zero-order valence-corrected chi connectivity index (χ0v) is 26.9. The van der Waals surface area contributed by atoms with E-state index in [4.69, 9.17) is 28.4 Å². The van der Waals surface area contributed by atoms with Crippen LogP contribution in [0, 0.1) is 11.8 Å². The van der Waals surface area contributed by atoms with Crippen LogP contribution in [0.4, 0.5) is 9.59 Å². The average molecular weight is 655 g/mol. The van der Waals surface area contributed by atoms with Gasteiger partial charge in [-0.2, -0.15) is 0 Å². The Labute approximate surface area is 276 Å². The molecule has 256 valence electrons. The second-order valence-corrected chi connectivity index (χ2v) is 10.6. The van der Waals surface area contributed by atoms with Crippen molar-refractivity contribution in [1.29, 1.82) is 0 Å². The van der Waals surface area contributed by atoms with E-state index in [0.29, 0.717) is 24.6 Å². The summed E-state index contributed by atoms with van der Waals surface area (Å²) in [5.74, 6) is 0.169. The largest absolute Gasteiger partial charge is 0.490 e. The van der Waals surface area contributed by atoms with Gasteiger partial charge in [-0.25, -0.2) is 19.2 Å². The summed E-state index contributed by atoms with van der Waals surface area (Å²) in [4.78, 5) is 48.4. The lowest BCUT2D eigenvalue weighted by atomic mass is 9.81. The maximum Gasteiger partial charge on any atom is 0.407 e. The monoisotopic (exact) mass is 654 g/mol. The van der Waals surface area contributed by atoms with E-state index in [1.165, 1.54) is 0 Å². The van der Waals surface area contributed by atoms with Crippen molar-refractivity contribution >= 4 is 24.1 Å². The number of carbonyl (C=O) groups is 4. The smallest absolute Gasteiger partial charge is 0.407 e. The van der Waals surface area contributed by atoms with E-state index in [1.54, 1.807) is 43.4 Å². The minimum absolute atomic E-state index is 0.0123. The van der Waals surface area contributed by atoms with E-state index in [1.807, 2.05) is 18.2 Å². The number of para-hydroxylation sites is 1. The number of amides is 2. The SMILES string of the molecule is C=C/C=C\C(=C/C)OCC(COC(=O)C=C)OC(=O)NCC1CCCC(CNC(=O)OC(COC(=O)C=C)COc2ccccc2)C1. The Morgan fingerprint density at radius 1 is 0.809 bits per heavy atom. The van der Waals surface area contributed by atoms with Crippen LogP contribution in [0.25, 0.3) is 0 Å². The van der Waals surface area contributed by atoms with E-state index in [2.05, 4.69) is 30.4 Å². The van der Waals surface area contributed by atoms with Crippen molar-refractivity contribution in [2.24, 2.45) is 11.8 Å². The summed E-state index contributed by atoms with van der Waals surface area (Å²) in [7, 11) is 0. The highest BCUT2D eigenvalue weighted by atomic mass is 16.6. The minimum Gasteiger partial charge on any atom is -0.490 e. The number of allylic oxidation sites excluding steroid dienone is 4. The predicted molar refractivity (Wildman–Crippen MR) is 175 cm³/mol. The molecule has 0 radical (unpaired) electrons. The van der Waals surface area contributed by atoms with Crippen LogP contribution < -0.4 is 15.4 Å². The molecular weight excluding hydrogens is 608 g/mol. The molecule has 1 aliphatic carbocycles. The van der Waals surface area contributed by atoms with E-state index in [0.717, 1.165) is 37.8 Å². The molecule has 1 aromatic rings. The third kappa shape index (κ3) is 16.8. The topological polar surface area (TPSA) is 148 Å². The van der Waals surface area contributed by atoms with Crippen molar-refractivity contribution in [3.05, 3.63) is 92.3 Å². The van der Waals surface area contributed by atoms with Gasteiger partial charge in [0.2, 0.25) is 0 Å². The van der Waals surface area contributed by atoms with Crippen LogP contribution in [0.1, 0.15) is 32.6 Å². The molecule has 0 saturated heterocycles. The highest BCUT2D eigenvalue weighted by Crippen LogP contribution is 2.28. The fourth-order valence-electron chi connectivity index (χ4n) is 4.60. The molecule has 1 aliphatic rings. The van der Waals surface area contributed by atoms with Gasteiger partial charge in [-0.3, -0.25) is 0 Å². The fraction of sp³-hybridized carbons (Fsp3) is 0.429. The Kier molecular flexibility index (Phi) is 18.3. The molecule has 1 aromatic carbocycles. The molecule has 0 bridgehead atoms. The van der Waals surface area contributed by atoms with Gasteiger partial charge in [-0.05, 0) is 62.3 Å². The number of carbonyl (C=O) groups excluding carboxylic acids is 4. The summed E-state index contributed by atoms with van der Waals surface area (Å²) in [6, 6.07) is 9.00. The van der Waals surface area contributed by atoms with E-state index in [9.17, 15) is 19.2 Å². The van der Waals surface area contributed by atoms with Crippen LogP contribution in [-0.4, -0.2) is 75.9 Å². The zero-order valence-electron chi connectivity index (χ0n) is 26.9. The van der Waals surface area contributed by atoms with Gasteiger partial charge >= 0.3 is 24.1 Å². The van der Waals surface area contributed by atoms with Gasteiger partial charge in [0.25, 0.3) is 0 Å². The van der Waals surface area contributed by atoms with Crippen LogP contribution in [0.2, 0.25) is 0 Å². The molecule has 12 heteroatoms. The van der Waals surface area contributed by atoms with Crippen LogP contribution in [0.3, 0.4) is 0 Å². The van der Waals surface area contributed by atoms with Crippen molar-refractivity contribution in [2.75, 3.05) is 39.5 Å². The lowest BCUT2D eigenvalue weighted by molar-refractivity contribution is -0.142. The van der Waals surface area contributed by atoms with Gasteiger partial charge < -0.3 is 39.1 Å². The number of nitrogens with one attached hydrogen (secondary N) is 2. The molecular formula is C35H46N2O10. The minimum atomic E-state index is -0.859. The molecule has 0 aliphatic heterocycles. The molecule has 12 nitrogen and oxygen atoms in total. The lowest BCUT2D eigenvalue weighted by Crippen LogP contribution is -2.39. The van der Waals surface area contributed by atoms with Crippen LogP contribution in [0.15, 0.2) is 92.3 Å². The summed E-state index contributed by atoms with van der Waals surface area (Å²) < 4.78 is 32.5. The second-order valence-electron chi connectivity index (χ2n) is 10.6. The van der Waals surface area contributed by atoms with Crippen LogP contribution >= 0.6 is 0 Å². The Bertz CT molecular complexity index is 1230. The first-order valence-electron chi connectivity index (χ1n) is 15.5. The number of benzene rings is 1. The standard InChI is InChI=1S/C35H46N2O10/c1-5-9-16-28(6-2)42-22-30(24-44-32(38)7-3)46-34(40)36-20-26-14-13-15-27(19-26)21-37-35(41)47-31(25-45-33(39)8-4)23-43-29-17-11-10-12-18-29/h5-12,16-18,26-27,30-31H,1,3-4,13-15,19-25H2,2H3,(H,36,40)(H,37,41)/b16-9-,28-6+. The normalized spacial score (nSPS) is 17.3. The number of hydrogen-bond acceptors (Lipinski definition) is 10. The molecule has 2 rings (SSSR count). The quantitative estimate of drug-likeness (QED) is 0.0634. The van der Waals surface area contributed by atoms with Crippen molar-refractivity contribution in [1.82, 2.24) is 10.6 Å². The van der Waals surface area contributed by atoms with E-state index >= 15 is 0 Å².